The second-order valence-corrected chi connectivity index (χ2v) is 11.4. The van der Waals surface area contributed by atoms with Gasteiger partial charge in [-0.3, -0.25) is 14.7 Å². The number of methoxy groups -OCH3 is 2. The minimum absolute atomic E-state index is 0.0603. The van der Waals surface area contributed by atoms with E-state index in [1.54, 1.807) is 14.2 Å². The van der Waals surface area contributed by atoms with E-state index in [2.05, 4.69) is 35.9 Å². The SMILES string of the molecule is CCCCN(C(=O)CN1C[C@H](C2C=C3OCOC3=C(OC)C2)C[C@@H]1COc1ccccc1OC)C1(C)C=CC=NC1. The summed E-state index contributed by atoms with van der Waals surface area (Å²) in [5, 5.41) is 0. The summed E-state index contributed by atoms with van der Waals surface area (Å²) in [7, 11) is 3.33. The van der Waals surface area contributed by atoms with Gasteiger partial charge in [0, 0.05) is 31.8 Å². The minimum atomic E-state index is -0.425. The van der Waals surface area contributed by atoms with Crippen molar-refractivity contribution in [1.82, 2.24) is 9.80 Å². The average Bonchev–Trinajstić information content (AvgIpc) is 3.63. The molecule has 1 aromatic carbocycles. The molecule has 5 rings (SSSR count). The van der Waals surface area contributed by atoms with Crippen LogP contribution in [-0.4, -0.2) is 87.3 Å². The summed E-state index contributed by atoms with van der Waals surface area (Å²) in [6.45, 7) is 7.33. The van der Waals surface area contributed by atoms with E-state index in [-0.39, 0.29) is 24.7 Å². The number of likely N-dealkylation sites (tertiary alicyclic amines) is 1. The second kappa shape index (κ2) is 13.0. The van der Waals surface area contributed by atoms with Crippen molar-refractivity contribution in [2.24, 2.45) is 16.8 Å². The van der Waals surface area contributed by atoms with Crippen LogP contribution in [0, 0.1) is 11.8 Å². The summed E-state index contributed by atoms with van der Waals surface area (Å²) >= 11 is 0. The Morgan fingerprint density at radius 1 is 1.20 bits per heavy atom. The molecule has 0 radical (unpaired) electrons. The van der Waals surface area contributed by atoms with Crippen LogP contribution in [0.1, 0.15) is 39.5 Å². The third-order valence-electron chi connectivity index (χ3n) is 8.64. The van der Waals surface area contributed by atoms with Gasteiger partial charge in [0.25, 0.3) is 0 Å². The Balaban J connectivity index is 1.35. The lowest BCUT2D eigenvalue weighted by atomic mass is 9.84. The van der Waals surface area contributed by atoms with Crippen LogP contribution in [0.2, 0.25) is 0 Å². The van der Waals surface area contributed by atoms with Crippen LogP contribution in [-0.2, 0) is 19.0 Å². The standard InChI is InChI=1S/C32H43N3O6/c1-5-6-14-35(32(2)12-9-13-33-21-32)30(36)19-34-18-24(23-16-28(38-4)31-29(17-23)40-22-41-31)15-25(34)20-39-27-11-8-7-10-26(27)37-3/h7-13,17,23-25H,5-6,14-16,18-22H2,1-4H3/t23?,24-,25-,32?/m1/s1. The molecular formula is C32H43N3O6. The molecule has 2 saturated heterocycles. The number of nitrogens with zero attached hydrogens (tertiary/aromatic N) is 3. The van der Waals surface area contributed by atoms with Crippen molar-refractivity contribution in [3.63, 3.8) is 0 Å². The van der Waals surface area contributed by atoms with Crippen molar-refractivity contribution in [1.29, 1.82) is 0 Å². The first-order valence-corrected chi connectivity index (χ1v) is 14.7. The van der Waals surface area contributed by atoms with Crippen LogP contribution >= 0.6 is 0 Å². The molecule has 2 fully saturated rings. The van der Waals surface area contributed by atoms with Crippen molar-refractivity contribution in [2.45, 2.75) is 51.1 Å². The molecule has 4 aliphatic rings. The second-order valence-electron chi connectivity index (χ2n) is 11.4. The number of allylic oxidation sites excluding steroid dienone is 3. The summed E-state index contributed by atoms with van der Waals surface area (Å²) in [5.74, 6) is 4.35. The van der Waals surface area contributed by atoms with Crippen LogP contribution in [0.4, 0.5) is 0 Å². The van der Waals surface area contributed by atoms with E-state index >= 15 is 0 Å². The van der Waals surface area contributed by atoms with Gasteiger partial charge in [0.1, 0.15) is 12.4 Å². The molecule has 1 aromatic rings. The maximum Gasteiger partial charge on any atom is 0.237 e. The van der Waals surface area contributed by atoms with Crippen molar-refractivity contribution in [2.75, 3.05) is 53.8 Å². The molecule has 2 unspecified atom stereocenters. The summed E-state index contributed by atoms with van der Waals surface area (Å²) in [4.78, 5) is 22.8. The fourth-order valence-electron chi connectivity index (χ4n) is 6.31. The Hall–Kier alpha value is -3.46. The molecule has 9 nitrogen and oxygen atoms in total. The molecule has 222 valence electrons. The number of carbonyl (C=O) groups is 1. The third kappa shape index (κ3) is 6.40. The highest BCUT2D eigenvalue weighted by molar-refractivity contribution is 5.80. The molecule has 41 heavy (non-hydrogen) atoms. The zero-order valence-corrected chi connectivity index (χ0v) is 24.7. The first kappa shape index (κ1) is 29.0. The van der Waals surface area contributed by atoms with Gasteiger partial charge in [-0.1, -0.05) is 31.6 Å². The Labute approximate surface area is 243 Å². The molecule has 0 saturated carbocycles. The molecule has 1 amide bonds. The number of ether oxygens (including phenoxy) is 5. The van der Waals surface area contributed by atoms with Gasteiger partial charge >= 0.3 is 0 Å². The lowest BCUT2D eigenvalue weighted by Gasteiger charge is -2.40. The van der Waals surface area contributed by atoms with E-state index in [1.165, 1.54) is 0 Å². The van der Waals surface area contributed by atoms with E-state index < -0.39 is 5.54 Å². The molecule has 0 N–H and O–H groups in total. The summed E-state index contributed by atoms with van der Waals surface area (Å²) in [6, 6.07) is 7.75. The molecule has 9 heteroatoms. The highest BCUT2D eigenvalue weighted by Gasteiger charge is 2.42. The van der Waals surface area contributed by atoms with Crippen molar-refractivity contribution in [3.05, 3.63) is 59.8 Å². The first-order chi connectivity index (χ1) is 20.0. The van der Waals surface area contributed by atoms with Gasteiger partial charge in [0.2, 0.25) is 18.5 Å². The Kier molecular flexibility index (Phi) is 9.22. The maximum absolute atomic E-state index is 14.0. The monoisotopic (exact) mass is 565 g/mol. The number of aliphatic imine (C=N–C) groups is 1. The number of para-hydroxylation sites is 2. The van der Waals surface area contributed by atoms with E-state index in [9.17, 15) is 4.79 Å². The van der Waals surface area contributed by atoms with Crippen molar-refractivity contribution in [3.8, 4) is 11.5 Å². The number of benzene rings is 1. The van der Waals surface area contributed by atoms with Gasteiger partial charge in [-0.05, 0) is 55.9 Å². The van der Waals surface area contributed by atoms with Gasteiger partial charge in [0.05, 0.1) is 32.8 Å². The van der Waals surface area contributed by atoms with Gasteiger partial charge in [-0.15, -0.1) is 0 Å². The molecule has 0 bridgehead atoms. The number of amides is 1. The lowest BCUT2D eigenvalue weighted by molar-refractivity contribution is -0.137. The first-order valence-electron chi connectivity index (χ1n) is 14.7. The van der Waals surface area contributed by atoms with Gasteiger partial charge in [0.15, 0.2) is 17.3 Å². The Bertz CT molecular complexity index is 1210. The highest BCUT2D eigenvalue weighted by Crippen LogP contribution is 2.41. The number of dihydropyridines is 1. The number of fused-ring (bicyclic) bond motifs is 1. The molecule has 3 aliphatic heterocycles. The minimum Gasteiger partial charge on any atom is -0.497 e. The fraction of sp³-hybridized carbons (Fsp3) is 0.562. The topological polar surface area (TPSA) is 82.1 Å². The molecule has 1 aliphatic carbocycles. The van der Waals surface area contributed by atoms with E-state index in [0.717, 1.165) is 43.7 Å². The zero-order valence-electron chi connectivity index (χ0n) is 24.7. The van der Waals surface area contributed by atoms with Crippen LogP contribution in [0.25, 0.3) is 0 Å². The van der Waals surface area contributed by atoms with Gasteiger partial charge in [-0.25, -0.2) is 0 Å². The van der Waals surface area contributed by atoms with Crippen LogP contribution < -0.4 is 9.47 Å². The van der Waals surface area contributed by atoms with E-state index in [0.29, 0.717) is 49.4 Å². The van der Waals surface area contributed by atoms with Crippen LogP contribution in [0.5, 0.6) is 11.5 Å². The smallest absolute Gasteiger partial charge is 0.237 e. The number of hydrogen-bond acceptors (Lipinski definition) is 8. The number of rotatable bonds is 12. The predicted molar refractivity (Wildman–Crippen MR) is 157 cm³/mol. The van der Waals surface area contributed by atoms with E-state index in [1.807, 2.05) is 41.5 Å². The molecule has 0 spiro atoms. The van der Waals surface area contributed by atoms with Crippen LogP contribution in [0.15, 0.2) is 64.8 Å². The zero-order chi connectivity index (χ0) is 28.8. The summed E-state index contributed by atoms with van der Waals surface area (Å²) < 4.78 is 28.9. The molecular weight excluding hydrogens is 522 g/mol. The quantitative estimate of drug-likeness (QED) is 0.368. The molecule has 4 atom stereocenters. The lowest BCUT2D eigenvalue weighted by Crippen LogP contribution is -2.55. The predicted octanol–water partition coefficient (Wildman–Crippen LogP) is 4.56. The summed E-state index contributed by atoms with van der Waals surface area (Å²) in [5.41, 5.74) is -0.425. The Morgan fingerprint density at radius 3 is 2.76 bits per heavy atom. The number of hydrogen-bond donors (Lipinski definition) is 0. The third-order valence-corrected chi connectivity index (χ3v) is 8.64. The van der Waals surface area contributed by atoms with Crippen molar-refractivity contribution < 1.29 is 28.5 Å². The average molecular weight is 566 g/mol. The van der Waals surface area contributed by atoms with Crippen molar-refractivity contribution >= 4 is 12.1 Å². The fourth-order valence-corrected chi connectivity index (χ4v) is 6.31. The van der Waals surface area contributed by atoms with E-state index in [4.69, 9.17) is 23.7 Å². The molecule has 0 aromatic heterocycles. The highest BCUT2D eigenvalue weighted by atomic mass is 16.7. The Morgan fingerprint density at radius 2 is 2.02 bits per heavy atom. The van der Waals surface area contributed by atoms with Gasteiger partial charge in [-0.2, -0.15) is 0 Å². The largest absolute Gasteiger partial charge is 0.497 e. The number of carbonyl (C=O) groups excluding carboxylic acids is 1. The molecule has 3 heterocycles. The maximum atomic E-state index is 14.0. The summed E-state index contributed by atoms with van der Waals surface area (Å²) in [6.07, 6.45) is 11.7. The van der Waals surface area contributed by atoms with Gasteiger partial charge < -0.3 is 28.6 Å². The normalized spacial score (nSPS) is 27.1. The van der Waals surface area contributed by atoms with Crippen LogP contribution in [0.3, 0.4) is 0 Å². The number of unbranched alkanes of at least 4 members (excludes halogenated alkanes) is 1.